The van der Waals surface area contributed by atoms with Gasteiger partial charge in [0.15, 0.2) is 40.6 Å². The predicted molar refractivity (Wildman–Crippen MR) is 147 cm³/mol. The molecule has 0 aliphatic rings. The Hall–Kier alpha value is -4.41. The number of ether oxygens (including phenoxy) is 5. The molecule has 3 aromatic carbocycles. The van der Waals surface area contributed by atoms with Gasteiger partial charge in [0.05, 0.1) is 34.5 Å². The number of rotatable bonds is 14. The van der Waals surface area contributed by atoms with Gasteiger partial charge in [0, 0.05) is 6.08 Å². The van der Waals surface area contributed by atoms with Crippen molar-refractivity contribution in [1.82, 2.24) is 0 Å². The monoisotopic (exact) mass is 554 g/mol. The van der Waals surface area contributed by atoms with Crippen LogP contribution in [0.1, 0.15) is 29.2 Å². The summed E-state index contributed by atoms with van der Waals surface area (Å²) >= 11 is 0. The van der Waals surface area contributed by atoms with Crippen LogP contribution in [0, 0.1) is 0 Å². The fraction of sp³-hybridized carbons (Fsp3) is 0.300. The first-order valence-electron chi connectivity index (χ1n) is 12.5. The van der Waals surface area contributed by atoms with Gasteiger partial charge in [0.1, 0.15) is 6.10 Å². The van der Waals surface area contributed by atoms with E-state index in [0.29, 0.717) is 41.2 Å². The Morgan fingerprint density at radius 2 is 1.52 bits per heavy atom. The number of esters is 1. The Morgan fingerprint density at radius 3 is 2.20 bits per heavy atom. The van der Waals surface area contributed by atoms with Crippen molar-refractivity contribution in [3.63, 3.8) is 0 Å². The molecule has 0 unspecified atom stereocenters. The van der Waals surface area contributed by atoms with Crippen LogP contribution in [-0.2, 0) is 16.0 Å². The van der Waals surface area contributed by atoms with Gasteiger partial charge in [-0.2, -0.15) is 0 Å². The van der Waals surface area contributed by atoms with E-state index in [4.69, 9.17) is 23.7 Å². The molecule has 4 N–H and O–H groups in total. The van der Waals surface area contributed by atoms with Gasteiger partial charge in [0.2, 0.25) is 0 Å². The third kappa shape index (κ3) is 8.05. The molecule has 0 aliphatic carbocycles. The van der Waals surface area contributed by atoms with Crippen LogP contribution >= 0.6 is 0 Å². The fourth-order valence-corrected chi connectivity index (χ4v) is 3.88. The van der Waals surface area contributed by atoms with E-state index in [2.05, 4.69) is 0 Å². The molecule has 3 rings (SSSR count). The summed E-state index contributed by atoms with van der Waals surface area (Å²) in [6, 6.07) is 14.4. The summed E-state index contributed by atoms with van der Waals surface area (Å²) in [6.07, 6.45) is 1.83. The van der Waals surface area contributed by atoms with Crippen molar-refractivity contribution < 1.29 is 48.9 Å². The first kappa shape index (κ1) is 30.1. The fourth-order valence-electron chi connectivity index (χ4n) is 3.88. The molecule has 0 bridgehead atoms. The average Bonchev–Trinajstić information content (AvgIpc) is 2.97. The van der Waals surface area contributed by atoms with E-state index in [0.717, 1.165) is 5.56 Å². The Morgan fingerprint density at radius 1 is 0.850 bits per heavy atom. The van der Waals surface area contributed by atoms with Gasteiger partial charge in [-0.3, -0.25) is 0 Å². The standard InChI is InChI=1S/C30H34O10/c1-36-25-15-20(6-10-22(25)32)8-13-29(34)39-14-4-5-19-7-12-24(27(16-19)38-3)40-28(18-31)30(35)21-9-11-23(33)26(17-21)37-2/h6-13,15-17,28,30-33,35H,4-5,14,18H2,1-3H3/t28-,30+/m0/s1. The summed E-state index contributed by atoms with van der Waals surface area (Å²) in [5.74, 6) is 0.692. The Balaban J connectivity index is 1.54. The van der Waals surface area contributed by atoms with Crippen LogP contribution in [0.3, 0.4) is 0 Å². The van der Waals surface area contributed by atoms with Gasteiger partial charge >= 0.3 is 5.97 Å². The lowest BCUT2D eigenvalue weighted by Crippen LogP contribution is -2.29. The number of aryl methyl sites for hydroxylation is 1. The number of methoxy groups -OCH3 is 3. The van der Waals surface area contributed by atoms with Crippen LogP contribution in [0.2, 0.25) is 0 Å². The van der Waals surface area contributed by atoms with E-state index in [1.165, 1.54) is 51.7 Å². The minimum Gasteiger partial charge on any atom is -0.504 e. The SMILES string of the molecule is COc1cc(C=CC(=O)OCCCc2ccc(O[C@@H](CO)[C@H](O)c3ccc(O)c(OC)c3)c(OC)c2)ccc1O. The molecule has 0 aliphatic heterocycles. The summed E-state index contributed by atoms with van der Waals surface area (Å²) < 4.78 is 26.7. The van der Waals surface area contributed by atoms with Gasteiger partial charge < -0.3 is 44.1 Å². The molecular weight excluding hydrogens is 520 g/mol. The smallest absolute Gasteiger partial charge is 0.330 e. The van der Waals surface area contributed by atoms with Gasteiger partial charge in [-0.25, -0.2) is 4.79 Å². The van der Waals surface area contributed by atoms with Crippen LogP contribution in [0.25, 0.3) is 6.08 Å². The molecule has 10 heteroatoms. The topological polar surface area (TPSA) is 144 Å². The molecule has 0 aromatic heterocycles. The zero-order valence-corrected chi connectivity index (χ0v) is 22.6. The van der Waals surface area contributed by atoms with Gasteiger partial charge in [-0.1, -0.05) is 18.2 Å². The maximum absolute atomic E-state index is 12.0. The quantitative estimate of drug-likeness (QED) is 0.132. The molecular formula is C30H34O10. The van der Waals surface area contributed by atoms with Crippen molar-refractivity contribution in [1.29, 1.82) is 0 Å². The highest BCUT2D eigenvalue weighted by Crippen LogP contribution is 2.34. The normalized spacial score (nSPS) is 12.5. The maximum atomic E-state index is 12.0. The van der Waals surface area contributed by atoms with E-state index in [1.54, 1.807) is 30.3 Å². The van der Waals surface area contributed by atoms with Crippen molar-refractivity contribution in [2.45, 2.75) is 25.0 Å². The Kier molecular flexibility index (Phi) is 11.0. The number of hydrogen-bond donors (Lipinski definition) is 4. The summed E-state index contributed by atoms with van der Waals surface area (Å²) in [5.41, 5.74) is 1.99. The third-order valence-electron chi connectivity index (χ3n) is 6.05. The van der Waals surface area contributed by atoms with Crippen LogP contribution in [0.15, 0.2) is 60.7 Å². The summed E-state index contributed by atoms with van der Waals surface area (Å²) in [4.78, 5) is 12.0. The summed E-state index contributed by atoms with van der Waals surface area (Å²) in [7, 11) is 4.33. The molecule has 0 fully saturated rings. The zero-order valence-electron chi connectivity index (χ0n) is 22.6. The minimum absolute atomic E-state index is 0.0133. The molecule has 0 heterocycles. The third-order valence-corrected chi connectivity index (χ3v) is 6.05. The molecule has 3 aromatic rings. The van der Waals surface area contributed by atoms with Gasteiger partial charge in [-0.15, -0.1) is 0 Å². The first-order valence-corrected chi connectivity index (χ1v) is 12.5. The molecule has 10 nitrogen and oxygen atoms in total. The first-order chi connectivity index (χ1) is 19.3. The van der Waals surface area contributed by atoms with Crippen molar-refractivity contribution in [3.8, 4) is 34.5 Å². The van der Waals surface area contributed by atoms with E-state index in [-0.39, 0.29) is 23.9 Å². The van der Waals surface area contributed by atoms with Crippen molar-refractivity contribution >= 4 is 12.0 Å². The molecule has 0 radical (unpaired) electrons. The molecule has 0 saturated carbocycles. The molecule has 2 atom stereocenters. The number of carbonyl (C=O) groups is 1. The Labute approximate surface area is 232 Å². The number of phenols is 2. The lowest BCUT2D eigenvalue weighted by atomic mass is 10.0. The van der Waals surface area contributed by atoms with Crippen molar-refractivity contribution in [3.05, 3.63) is 77.4 Å². The number of hydrogen-bond acceptors (Lipinski definition) is 10. The van der Waals surface area contributed by atoms with E-state index < -0.39 is 24.8 Å². The largest absolute Gasteiger partial charge is 0.504 e. The number of phenolic OH excluding ortho intramolecular Hbond substituents is 2. The summed E-state index contributed by atoms with van der Waals surface area (Å²) in [5, 5.41) is 40.1. The van der Waals surface area contributed by atoms with E-state index in [9.17, 15) is 25.2 Å². The van der Waals surface area contributed by atoms with E-state index >= 15 is 0 Å². The molecule has 0 spiro atoms. The second kappa shape index (κ2) is 14.7. The maximum Gasteiger partial charge on any atom is 0.330 e. The number of aliphatic hydroxyl groups is 2. The van der Waals surface area contributed by atoms with E-state index in [1.807, 2.05) is 6.07 Å². The number of aromatic hydroxyl groups is 2. The van der Waals surface area contributed by atoms with Crippen molar-refractivity contribution in [2.75, 3.05) is 34.5 Å². The minimum atomic E-state index is -1.20. The van der Waals surface area contributed by atoms with Crippen LogP contribution in [-0.4, -0.2) is 67.0 Å². The molecule has 0 amide bonds. The number of aliphatic hydroxyl groups excluding tert-OH is 2. The lowest BCUT2D eigenvalue weighted by Gasteiger charge is -2.24. The van der Waals surface area contributed by atoms with Gasteiger partial charge in [-0.05, 0) is 72.0 Å². The predicted octanol–water partition coefficient (Wildman–Crippen LogP) is 3.79. The average molecular weight is 555 g/mol. The van der Waals surface area contributed by atoms with Crippen LogP contribution < -0.4 is 18.9 Å². The number of benzene rings is 3. The van der Waals surface area contributed by atoms with Crippen LogP contribution in [0.5, 0.6) is 34.5 Å². The molecule has 0 saturated heterocycles. The van der Waals surface area contributed by atoms with Crippen molar-refractivity contribution in [2.24, 2.45) is 0 Å². The highest BCUT2D eigenvalue weighted by atomic mass is 16.5. The second-order valence-corrected chi connectivity index (χ2v) is 8.74. The van der Waals surface area contributed by atoms with Gasteiger partial charge in [0.25, 0.3) is 0 Å². The highest BCUT2D eigenvalue weighted by Gasteiger charge is 2.24. The summed E-state index contributed by atoms with van der Waals surface area (Å²) in [6.45, 7) is -0.271. The Bertz CT molecular complexity index is 1300. The zero-order chi connectivity index (χ0) is 29.1. The number of carbonyl (C=O) groups excluding carboxylic acids is 1. The second-order valence-electron chi connectivity index (χ2n) is 8.74. The lowest BCUT2D eigenvalue weighted by molar-refractivity contribution is -0.137. The van der Waals surface area contributed by atoms with Crippen LogP contribution in [0.4, 0.5) is 0 Å². The molecule has 214 valence electrons. The molecule has 40 heavy (non-hydrogen) atoms. The highest BCUT2D eigenvalue weighted by molar-refractivity contribution is 5.87.